The number of hydrogen-bond acceptors (Lipinski definition) is 4. The average molecular weight is 355 g/mol. The maximum absolute atomic E-state index is 13.0. The Labute approximate surface area is 152 Å². The second-order valence-electron chi connectivity index (χ2n) is 7.46. The van der Waals surface area contributed by atoms with Crippen LogP contribution in [0, 0.1) is 12.8 Å². The van der Waals surface area contributed by atoms with Crippen LogP contribution in [0.1, 0.15) is 36.4 Å². The maximum Gasteiger partial charge on any atom is 0.264 e. The molecule has 0 spiro atoms. The largest absolute Gasteiger partial charge is 0.356 e. The van der Waals surface area contributed by atoms with Gasteiger partial charge in [-0.05, 0) is 37.8 Å². The summed E-state index contributed by atoms with van der Waals surface area (Å²) in [6.07, 6.45) is 4.72. The number of carbonyl (C=O) groups excluding carboxylic acids is 1. The predicted octanol–water partition coefficient (Wildman–Crippen LogP) is 1.64. The fraction of sp³-hybridized carbons (Fsp3) is 0.526. The number of aromatic amines is 2. The van der Waals surface area contributed by atoms with Gasteiger partial charge in [-0.2, -0.15) is 0 Å². The Morgan fingerprint density at radius 2 is 2.08 bits per heavy atom. The molecule has 2 N–H and O–H groups in total. The van der Waals surface area contributed by atoms with Crippen LogP contribution in [0.4, 0.5) is 5.82 Å². The Bertz CT molecular complexity index is 825. The molecule has 26 heavy (non-hydrogen) atoms. The third-order valence-electron chi connectivity index (χ3n) is 5.55. The normalized spacial score (nSPS) is 23.4. The van der Waals surface area contributed by atoms with Crippen LogP contribution in [0.15, 0.2) is 29.2 Å². The van der Waals surface area contributed by atoms with Gasteiger partial charge in [0.25, 0.3) is 5.56 Å². The summed E-state index contributed by atoms with van der Waals surface area (Å²) in [6.45, 7) is 5.16. The fourth-order valence-electron chi connectivity index (χ4n) is 4.07. The molecule has 2 fully saturated rings. The first-order valence-electron chi connectivity index (χ1n) is 9.34. The zero-order valence-corrected chi connectivity index (χ0v) is 15.1. The highest BCUT2D eigenvalue weighted by atomic mass is 16.2. The van der Waals surface area contributed by atoms with Crippen molar-refractivity contribution < 1.29 is 4.79 Å². The zero-order chi connectivity index (χ0) is 18.1. The number of nitrogens with zero attached hydrogens (tertiary/aromatic N) is 3. The van der Waals surface area contributed by atoms with Crippen molar-refractivity contribution in [2.45, 2.75) is 32.1 Å². The summed E-state index contributed by atoms with van der Waals surface area (Å²) in [5, 5.41) is 5.51. The van der Waals surface area contributed by atoms with E-state index in [-0.39, 0.29) is 23.3 Å². The molecule has 0 radical (unpaired) electrons. The minimum Gasteiger partial charge on any atom is -0.356 e. The predicted molar refractivity (Wildman–Crippen MR) is 99.3 cm³/mol. The zero-order valence-electron chi connectivity index (χ0n) is 15.1. The molecule has 7 heteroatoms. The third kappa shape index (κ3) is 3.38. The summed E-state index contributed by atoms with van der Waals surface area (Å²) in [7, 11) is 0. The smallest absolute Gasteiger partial charge is 0.264 e. The average Bonchev–Trinajstić information content (AvgIpc) is 3.31. The Morgan fingerprint density at radius 3 is 2.81 bits per heavy atom. The lowest BCUT2D eigenvalue weighted by molar-refractivity contribution is -0.134. The number of H-pyrrole nitrogens is 2. The molecule has 138 valence electrons. The number of aryl methyl sites for hydroxylation is 1. The third-order valence-corrected chi connectivity index (χ3v) is 5.55. The molecule has 2 aliphatic rings. The van der Waals surface area contributed by atoms with Crippen LogP contribution < -0.4 is 10.5 Å². The molecule has 2 saturated heterocycles. The van der Waals surface area contributed by atoms with Crippen molar-refractivity contribution in [1.82, 2.24) is 20.1 Å². The first kappa shape index (κ1) is 16.9. The number of likely N-dealkylation sites (tertiary alicyclic amines) is 1. The molecule has 4 heterocycles. The van der Waals surface area contributed by atoms with Crippen LogP contribution in [0.2, 0.25) is 0 Å². The highest BCUT2D eigenvalue weighted by Gasteiger charge is 2.34. The summed E-state index contributed by atoms with van der Waals surface area (Å²) < 4.78 is 0. The number of nitrogens with one attached hydrogen (secondary N) is 2. The summed E-state index contributed by atoms with van der Waals surface area (Å²) in [5.41, 5.74) is 1.93. The number of pyridine rings is 1. The van der Waals surface area contributed by atoms with E-state index < -0.39 is 0 Å². The van der Waals surface area contributed by atoms with Gasteiger partial charge in [-0.3, -0.25) is 14.7 Å². The molecule has 4 rings (SSSR count). The van der Waals surface area contributed by atoms with Gasteiger partial charge in [0.05, 0.1) is 5.92 Å². The van der Waals surface area contributed by atoms with E-state index in [0.29, 0.717) is 6.54 Å². The van der Waals surface area contributed by atoms with Crippen molar-refractivity contribution in [3.63, 3.8) is 0 Å². The van der Waals surface area contributed by atoms with Crippen LogP contribution in [-0.4, -0.2) is 52.2 Å². The van der Waals surface area contributed by atoms with Crippen molar-refractivity contribution >= 4 is 11.7 Å². The standard InChI is InChI=1S/C19H25N5O2/c1-13-4-5-17(20-10-13)23-7-2-3-15(12-23)19(26)24-8-6-14(11-24)16-9-18(25)22-21-16/h4-5,9-10,14-15H,2-3,6-8,11-12H2,1H3,(H2,21,22,25). The molecule has 2 aromatic heterocycles. The highest BCUT2D eigenvalue weighted by Crippen LogP contribution is 2.29. The minimum absolute atomic E-state index is 0.0240. The van der Waals surface area contributed by atoms with E-state index in [4.69, 9.17) is 0 Å². The fourth-order valence-corrected chi connectivity index (χ4v) is 4.07. The molecule has 7 nitrogen and oxygen atoms in total. The van der Waals surface area contributed by atoms with Gasteiger partial charge >= 0.3 is 0 Å². The van der Waals surface area contributed by atoms with Gasteiger partial charge in [0.2, 0.25) is 5.91 Å². The van der Waals surface area contributed by atoms with E-state index in [9.17, 15) is 9.59 Å². The van der Waals surface area contributed by atoms with Gasteiger partial charge in [-0.15, -0.1) is 0 Å². The Hall–Kier alpha value is -2.57. The summed E-state index contributed by atoms with van der Waals surface area (Å²) in [6, 6.07) is 5.71. The summed E-state index contributed by atoms with van der Waals surface area (Å²) in [5.74, 6) is 1.44. The van der Waals surface area contributed by atoms with E-state index in [1.54, 1.807) is 6.07 Å². The summed E-state index contributed by atoms with van der Waals surface area (Å²) >= 11 is 0. The number of anilines is 1. The second-order valence-corrected chi connectivity index (χ2v) is 7.46. The van der Waals surface area contributed by atoms with Crippen LogP contribution in [0.3, 0.4) is 0 Å². The minimum atomic E-state index is -0.113. The molecule has 2 aliphatic heterocycles. The number of piperidine rings is 1. The monoisotopic (exact) mass is 355 g/mol. The van der Waals surface area contributed by atoms with Crippen LogP contribution in [0.5, 0.6) is 0 Å². The van der Waals surface area contributed by atoms with Crippen LogP contribution in [-0.2, 0) is 4.79 Å². The first-order chi connectivity index (χ1) is 12.6. The van der Waals surface area contributed by atoms with Crippen molar-refractivity contribution in [2.24, 2.45) is 5.92 Å². The van der Waals surface area contributed by atoms with E-state index in [1.165, 1.54) is 0 Å². The molecule has 0 aliphatic carbocycles. The number of aromatic nitrogens is 3. The molecular formula is C19H25N5O2. The molecule has 0 saturated carbocycles. The van der Waals surface area contributed by atoms with E-state index in [0.717, 1.165) is 56.0 Å². The van der Waals surface area contributed by atoms with Gasteiger partial charge in [-0.25, -0.2) is 4.98 Å². The van der Waals surface area contributed by atoms with Crippen LogP contribution >= 0.6 is 0 Å². The first-order valence-corrected chi connectivity index (χ1v) is 9.34. The Kier molecular flexibility index (Phi) is 4.53. The number of hydrogen-bond donors (Lipinski definition) is 2. The van der Waals surface area contributed by atoms with Crippen molar-refractivity contribution in [3.8, 4) is 0 Å². The van der Waals surface area contributed by atoms with Crippen molar-refractivity contribution in [3.05, 3.63) is 46.0 Å². The molecule has 1 amide bonds. The molecule has 0 bridgehead atoms. The lowest BCUT2D eigenvalue weighted by Crippen LogP contribution is -2.44. The number of rotatable bonds is 3. The topological polar surface area (TPSA) is 85.1 Å². The molecular weight excluding hydrogens is 330 g/mol. The van der Waals surface area contributed by atoms with Gasteiger partial charge < -0.3 is 14.9 Å². The van der Waals surface area contributed by atoms with Crippen molar-refractivity contribution in [1.29, 1.82) is 0 Å². The second kappa shape index (κ2) is 6.97. The number of amides is 1. The number of carbonyl (C=O) groups is 1. The Balaban J connectivity index is 1.40. The van der Waals surface area contributed by atoms with Gasteiger partial charge in [-0.1, -0.05) is 6.07 Å². The maximum atomic E-state index is 13.0. The summed E-state index contributed by atoms with van der Waals surface area (Å²) in [4.78, 5) is 33.0. The molecule has 2 atom stereocenters. The van der Waals surface area contributed by atoms with E-state index in [2.05, 4.69) is 26.1 Å². The Morgan fingerprint density at radius 1 is 1.19 bits per heavy atom. The van der Waals surface area contributed by atoms with Crippen LogP contribution in [0.25, 0.3) is 0 Å². The van der Waals surface area contributed by atoms with E-state index in [1.807, 2.05) is 24.1 Å². The van der Waals surface area contributed by atoms with Gasteiger partial charge in [0, 0.05) is 50.1 Å². The lowest BCUT2D eigenvalue weighted by Gasteiger charge is -2.34. The van der Waals surface area contributed by atoms with Gasteiger partial charge in [0.15, 0.2) is 0 Å². The quantitative estimate of drug-likeness (QED) is 0.876. The molecule has 2 aromatic rings. The van der Waals surface area contributed by atoms with E-state index >= 15 is 0 Å². The molecule has 2 unspecified atom stereocenters. The van der Waals surface area contributed by atoms with Crippen molar-refractivity contribution in [2.75, 3.05) is 31.1 Å². The lowest BCUT2D eigenvalue weighted by atomic mass is 9.96. The molecule has 0 aromatic carbocycles. The SMILES string of the molecule is Cc1ccc(N2CCCC(C(=O)N3CCC(c4cc(=O)[nH][nH]4)C3)C2)nc1. The van der Waals surface area contributed by atoms with Gasteiger partial charge in [0.1, 0.15) is 5.82 Å². The highest BCUT2D eigenvalue weighted by molar-refractivity contribution is 5.80.